The van der Waals surface area contributed by atoms with Gasteiger partial charge in [-0.25, -0.2) is 0 Å². The summed E-state index contributed by atoms with van der Waals surface area (Å²) in [6.07, 6.45) is 2.79. The molecule has 0 aliphatic heterocycles. The van der Waals surface area contributed by atoms with Crippen molar-refractivity contribution in [3.05, 3.63) is 17.5 Å². The Hall–Kier alpha value is -1.40. The van der Waals surface area contributed by atoms with Crippen LogP contribution in [-0.2, 0) is 29.5 Å². The normalized spacial score (nSPS) is 11.1. The minimum atomic E-state index is -0.826. The van der Waals surface area contributed by atoms with Crippen LogP contribution in [-0.4, -0.2) is 52.6 Å². The average Bonchev–Trinajstić information content (AvgIpc) is 2.65. The Bertz CT molecular complexity index is 390. The van der Waals surface area contributed by atoms with E-state index in [4.69, 9.17) is 9.84 Å². The number of carboxylic acid groups (broad SMARTS) is 1. The first-order chi connectivity index (χ1) is 8.56. The monoisotopic (exact) mass is 255 g/mol. The van der Waals surface area contributed by atoms with Gasteiger partial charge in [0.1, 0.15) is 0 Å². The van der Waals surface area contributed by atoms with Gasteiger partial charge in [0.15, 0.2) is 0 Å². The van der Waals surface area contributed by atoms with Crippen molar-refractivity contribution in [1.29, 1.82) is 0 Å². The van der Waals surface area contributed by atoms with E-state index in [0.717, 1.165) is 17.7 Å². The highest BCUT2D eigenvalue weighted by atomic mass is 16.5. The molecule has 0 aromatic carbocycles. The lowest BCUT2D eigenvalue weighted by Gasteiger charge is -2.19. The molecule has 0 bridgehead atoms. The van der Waals surface area contributed by atoms with Crippen molar-refractivity contribution in [2.75, 3.05) is 26.8 Å². The highest BCUT2D eigenvalue weighted by molar-refractivity contribution is 5.69. The van der Waals surface area contributed by atoms with Gasteiger partial charge in [0.05, 0.1) is 18.8 Å². The average molecular weight is 255 g/mol. The molecule has 6 heteroatoms. The van der Waals surface area contributed by atoms with Crippen molar-refractivity contribution >= 4 is 5.97 Å². The number of carbonyl (C=O) groups is 1. The molecule has 0 saturated heterocycles. The summed E-state index contributed by atoms with van der Waals surface area (Å²) < 4.78 is 6.77. The predicted molar refractivity (Wildman–Crippen MR) is 67.4 cm³/mol. The van der Waals surface area contributed by atoms with Crippen LogP contribution < -0.4 is 0 Å². The van der Waals surface area contributed by atoms with Gasteiger partial charge in [0.2, 0.25) is 0 Å². The van der Waals surface area contributed by atoms with Gasteiger partial charge < -0.3 is 9.84 Å². The van der Waals surface area contributed by atoms with Gasteiger partial charge in [-0.1, -0.05) is 6.92 Å². The number of methoxy groups -OCH3 is 1. The molecule has 0 fully saturated rings. The fraction of sp³-hybridized carbons (Fsp3) is 0.667. The van der Waals surface area contributed by atoms with Gasteiger partial charge >= 0.3 is 5.97 Å². The molecular formula is C12H21N3O3. The van der Waals surface area contributed by atoms with Gasteiger partial charge in [-0.2, -0.15) is 5.10 Å². The zero-order valence-corrected chi connectivity index (χ0v) is 11.2. The Morgan fingerprint density at radius 3 is 2.89 bits per heavy atom. The highest BCUT2D eigenvalue weighted by Crippen LogP contribution is 2.10. The fourth-order valence-electron chi connectivity index (χ4n) is 1.88. The summed E-state index contributed by atoms with van der Waals surface area (Å²) in [6, 6.07) is 0. The molecule has 1 N–H and O–H groups in total. The smallest absolute Gasteiger partial charge is 0.317 e. The number of ether oxygens (including phenoxy) is 1. The lowest BCUT2D eigenvalue weighted by atomic mass is 10.2. The molecule has 1 aromatic rings. The van der Waals surface area contributed by atoms with Crippen LogP contribution in [0.2, 0.25) is 0 Å². The fourth-order valence-corrected chi connectivity index (χ4v) is 1.88. The summed E-state index contributed by atoms with van der Waals surface area (Å²) in [7, 11) is 3.49. The summed E-state index contributed by atoms with van der Waals surface area (Å²) in [5, 5.41) is 13.2. The van der Waals surface area contributed by atoms with E-state index < -0.39 is 5.97 Å². The summed E-state index contributed by atoms with van der Waals surface area (Å²) in [6.45, 7) is 3.77. The molecule has 18 heavy (non-hydrogen) atoms. The maximum Gasteiger partial charge on any atom is 0.317 e. The van der Waals surface area contributed by atoms with Crippen LogP contribution in [0.4, 0.5) is 0 Å². The maximum absolute atomic E-state index is 10.8. The third kappa shape index (κ3) is 4.46. The molecule has 6 nitrogen and oxygen atoms in total. The van der Waals surface area contributed by atoms with Crippen molar-refractivity contribution in [2.45, 2.75) is 19.9 Å². The van der Waals surface area contributed by atoms with Crippen LogP contribution >= 0.6 is 0 Å². The lowest BCUT2D eigenvalue weighted by molar-refractivity contribution is -0.138. The number of rotatable bonds is 8. The van der Waals surface area contributed by atoms with Gasteiger partial charge in [-0.15, -0.1) is 0 Å². The molecule has 102 valence electrons. The Morgan fingerprint density at radius 1 is 1.61 bits per heavy atom. The van der Waals surface area contributed by atoms with Crippen molar-refractivity contribution in [3.63, 3.8) is 0 Å². The number of aliphatic carboxylic acids is 1. The third-order valence-corrected chi connectivity index (χ3v) is 2.69. The van der Waals surface area contributed by atoms with E-state index in [1.54, 1.807) is 11.8 Å². The molecule has 0 amide bonds. The van der Waals surface area contributed by atoms with Crippen molar-refractivity contribution < 1.29 is 14.6 Å². The van der Waals surface area contributed by atoms with E-state index in [1.165, 1.54) is 0 Å². The minimum absolute atomic E-state index is 0.0153. The second kappa shape index (κ2) is 7.13. The van der Waals surface area contributed by atoms with Crippen molar-refractivity contribution in [2.24, 2.45) is 7.05 Å². The first-order valence-electron chi connectivity index (χ1n) is 6.01. The molecule has 0 saturated carbocycles. The highest BCUT2D eigenvalue weighted by Gasteiger charge is 2.14. The third-order valence-electron chi connectivity index (χ3n) is 2.69. The molecule has 1 rings (SSSR count). The summed E-state index contributed by atoms with van der Waals surface area (Å²) >= 11 is 0. The number of carboxylic acids is 1. The zero-order valence-electron chi connectivity index (χ0n) is 11.2. The Balaban J connectivity index is 2.70. The topological polar surface area (TPSA) is 67.6 Å². The van der Waals surface area contributed by atoms with Crippen LogP contribution in [0, 0.1) is 0 Å². The van der Waals surface area contributed by atoms with E-state index in [-0.39, 0.29) is 6.54 Å². The van der Waals surface area contributed by atoms with Crippen molar-refractivity contribution in [1.82, 2.24) is 14.7 Å². The minimum Gasteiger partial charge on any atom is -0.480 e. The van der Waals surface area contributed by atoms with E-state index in [2.05, 4.69) is 5.10 Å². The molecule has 0 aliphatic carbocycles. The quantitative estimate of drug-likeness (QED) is 0.733. The van der Waals surface area contributed by atoms with Crippen LogP contribution in [0.3, 0.4) is 0 Å². The standard InChI is InChI=1S/C12H21N3O3/c1-4-11-10(7-14(2)13-11)8-15(5-6-18-3)9-12(16)17/h7H,4-6,8-9H2,1-3H3,(H,16,17). The lowest BCUT2D eigenvalue weighted by Crippen LogP contribution is -2.32. The van der Waals surface area contributed by atoms with Crippen LogP contribution in [0.5, 0.6) is 0 Å². The van der Waals surface area contributed by atoms with Gasteiger partial charge in [0, 0.05) is 39.0 Å². The van der Waals surface area contributed by atoms with E-state index in [0.29, 0.717) is 19.7 Å². The number of nitrogens with zero attached hydrogens (tertiary/aromatic N) is 3. The largest absolute Gasteiger partial charge is 0.480 e. The second-order valence-corrected chi connectivity index (χ2v) is 4.23. The van der Waals surface area contributed by atoms with Crippen LogP contribution in [0.15, 0.2) is 6.20 Å². The van der Waals surface area contributed by atoms with Gasteiger partial charge in [-0.3, -0.25) is 14.4 Å². The molecule has 0 atom stereocenters. The zero-order chi connectivity index (χ0) is 13.5. The first kappa shape index (κ1) is 14.7. The van der Waals surface area contributed by atoms with E-state index in [9.17, 15) is 4.79 Å². The number of hydrogen-bond acceptors (Lipinski definition) is 4. The van der Waals surface area contributed by atoms with Gasteiger partial charge in [0.25, 0.3) is 0 Å². The number of aryl methyl sites for hydroxylation is 2. The number of aromatic nitrogens is 2. The molecular weight excluding hydrogens is 234 g/mol. The van der Waals surface area contributed by atoms with Crippen LogP contribution in [0.25, 0.3) is 0 Å². The molecule has 0 spiro atoms. The van der Waals surface area contributed by atoms with E-state index >= 15 is 0 Å². The summed E-state index contributed by atoms with van der Waals surface area (Å²) in [4.78, 5) is 12.7. The first-order valence-corrected chi connectivity index (χ1v) is 6.01. The maximum atomic E-state index is 10.8. The summed E-state index contributed by atoms with van der Waals surface area (Å²) in [5.41, 5.74) is 2.10. The Labute approximate surface area is 107 Å². The molecule has 0 unspecified atom stereocenters. The summed E-state index contributed by atoms with van der Waals surface area (Å²) in [5.74, 6) is -0.826. The Morgan fingerprint density at radius 2 is 2.33 bits per heavy atom. The molecule has 1 aromatic heterocycles. The molecule has 0 aliphatic rings. The van der Waals surface area contributed by atoms with Crippen molar-refractivity contribution in [3.8, 4) is 0 Å². The SMILES string of the molecule is CCc1nn(C)cc1CN(CCOC)CC(=O)O. The molecule has 1 heterocycles. The predicted octanol–water partition coefficient (Wildman–Crippen LogP) is 0.515. The van der Waals surface area contributed by atoms with Gasteiger partial charge in [-0.05, 0) is 6.42 Å². The number of hydrogen-bond donors (Lipinski definition) is 1. The van der Waals surface area contributed by atoms with E-state index in [1.807, 2.05) is 25.1 Å². The second-order valence-electron chi connectivity index (χ2n) is 4.23. The Kier molecular flexibility index (Phi) is 5.80. The molecule has 0 radical (unpaired) electrons. The van der Waals surface area contributed by atoms with Crippen LogP contribution in [0.1, 0.15) is 18.2 Å².